The summed E-state index contributed by atoms with van der Waals surface area (Å²) in [7, 11) is 0. The van der Waals surface area contributed by atoms with Gasteiger partial charge in [-0.25, -0.2) is 4.39 Å². The van der Waals surface area contributed by atoms with E-state index in [4.69, 9.17) is 11.6 Å². The summed E-state index contributed by atoms with van der Waals surface area (Å²) >= 11 is 5.94. The Kier molecular flexibility index (Phi) is 4.65. The summed E-state index contributed by atoms with van der Waals surface area (Å²) in [6, 6.07) is 8.04. The highest BCUT2D eigenvalue weighted by Gasteiger charge is 2.15. The molecule has 6 heteroatoms. The summed E-state index contributed by atoms with van der Waals surface area (Å²) in [5.74, 6) is -1.33. The molecule has 0 aliphatic carbocycles. The summed E-state index contributed by atoms with van der Waals surface area (Å²) in [5.41, 5.74) is 0.385. The zero-order chi connectivity index (χ0) is 14.5. The van der Waals surface area contributed by atoms with Gasteiger partial charge in [-0.3, -0.25) is 9.78 Å². The Morgan fingerprint density at radius 1 is 1.40 bits per heavy atom. The van der Waals surface area contributed by atoms with Crippen molar-refractivity contribution in [3.05, 3.63) is 64.7 Å². The maximum Gasteiger partial charge on any atom is 0.254 e. The van der Waals surface area contributed by atoms with Crippen LogP contribution in [-0.4, -0.2) is 22.5 Å². The first-order valence-electron chi connectivity index (χ1n) is 5.90. The van der Waals surface area contributed by atoms with Gasteiger partial charge in [0.1, 0.15) is 0 Å². The number of benzene rings is 1. The molecule has 1 heterocycles. The van der Waals surface area contributed by atoms with E-state index in [0.717, 1.165) is 6.20 Å². The predicted molar refractivity (Wildman–Crippen MR) is 72.9 cm³/mol. The molecule has 1 aromatic heterocycles. The maximum absolute atomic E-state index is 13.3. The van der Waals surface area contributed by atoms with Crippen LogP contribution in [0.4, 0.5) is 4.39 Å². The van der Waals surface area contributed by atoms with Crippen LogP contribution >= 0.6 is 11.6 Å². The summed E-state index contributed by atoms with van der Waals surface area (Å²) in [6.07, 6.45) is 1.32. The lowest BCUT2D eigenvalue weighted by molar-refractivity contribution is 0.0912. The molecule has 4 nitrogen and oxygen atoms in total. The Bertz CT molecular complexity index is 622. The molecule has 0 aliphatic heterocycles. The molecule has 1 atom stereocenters. The second-order valence-electron chi connectivity index (χ2n) is 4.10. The van der Waals surface area contributed by atoms with Crippen LogP contribution in [0.1, 0.15) is 22.0 Å². The second kappa shape index (κ2) is 6.45. The van der Waals surface area contributed by atoms with Gasteiger partial charge in [-0.05, 0) is 12.1 Å². The maximum atomic E-state index is 13.3. The average Bonchev–Trinajstić information content (AvgIpc) is 2.45. The smallest absolute Gasteiger partial charge is 0.254 e. The second-order valence-corrected chi connectivity index (χ2v) is 4.51. The predicted octanol–water partition coefficient (Wildman–Crippen LogP) is 2.34. The molecule has 0 saturated carbocycles. The number of carbonyl (C=O) groups is 1. The number of amides is 1. The van der Waals surface area contributed by atoms with Crippen LogP contribution in [0.3, 0.4) is 0 Å². The van der Waals surface area contributed by atoms with Crippen molar-refractivity contribution in [1.82, 2.24) is 10.3 Å². The average molecular weight is 295 g/mol. The van der Waals surface area contributed by atoms with Gasteiger partial charge in [0.25, 0.3) is 5.91 Å². The zero-order valence-corrected chi connectivity index (χ0v) is 11.1. The van der Waals surface area contributed by atoms with Crippen LogP contribution in [0.2, 0.25) is 5.02 Å². The van der Waals surface area contributed by atoms with E-state index in [1.807, 2.05) is 0 Å². The van der Waals surface area contributed by atoms with Crippen LogP contribution in [0.25, 0.3) is 0 Å². The van der Waals surface area contributed by atoms with Crippen molar-refractivity contribution >= 4 is 17.5 Å². The van der Waals surface area contributed by atoms with Gasteiger partial charge >= 0.3 is 0 Å². The molecule has 1 amide bonds. The lowest BCUT2D eigenvalue weighted by Gasteiger charge is -2.13. The molecule has 104 valence electrons. The highest BCUT2D eigenvalue weighted by atomic mass is 35.5. The fraction of sp³-hybridized carbons (Fsp3) is 0.143. The SMILES string of the molecule is O=C(NCC(O)c1ccccc1Cl)c1ccncc1F. The highest BCUT2D eigenvalue weighted by molar-refractivity contribution is 6.31. The standard InChI is InChI=1S/C14H12ClFN2O2/c15-11-4-2-1-3-9(11)13(19)8-18-14(20)10-5-6-17-7-12(10)16/h1-7,13,19H,8H2,(H,18,20). The summed E-state index contributed by atoms with van der Waals surface area (Å²) < 4.78 is 13.3. The van der Waals surface area contributed by atoms with Gasteiger partial charge in [0.2, 0.25) is 0 Å². The Morgan fingerprint density at radius 3 is 2.85 bits per heavy atom. The number of nitrogens with zero attached hydrogens (tertiary/aromatic N) is 1. The van der Waals surface area contributed by atoms with Crippen molar-refractivity contribution in [3.8, 4) is 0 Å². The first-order valence-corrected chi connectivity index (χ1v) is 6.27. The minimum absolute atomic E-state index is 0.0651. The van der Waals surface area contributed by atoms with E-state index in [0.29, 0.717) is 10.6 Å². The van der Waals surface area contributed by atoms with Crippen LogP contribution < -0.4 is 5.32 Å². The Hall–Kier alpha value is -1.98. The molecule has 20 heavy (non-hydrogen) atoms. The molecule has 0 bridgehead atoms. The number of rotatable bonds is 4. The van der Waals surface area contributed by atoms with Crippen molar-refractivity contribution in [2.75, 3.05) is 6.54 Å². The number of carbonyl (C=O) groups excluding carboxylic acids is 1. The molecular formula is C14H12ClFN2O2. The van der Waals surface area contributed by atoms with Crippen molar-refractivity contribution in [2.24, 2.45) is 0 Å². The fourth-order valence-electron chi connectivity index (χ4n) is 1.70. The van der Waals surface area contributed by atoms with Crippen LogP contribution in [-0.2, 0) is 0 Å². The fourth-order valence-corrected chi connectivity index (χ4v) is 1.96. The van der Waals surface area contributed by atoms with Gasteiger partial charge in [-0.15, -0.1) is 0 Å². The Labute approximate surface area is 120 Å². The number of hydrogen-bond donors (Lipinski definition) is 2. The van der Waals surface area contributed by atoms with Crippen molar-refractivity contribution in [2.45, 2.75) is 6.10 Å². The molecule has 0 fully saturated rings. The van der Waals surface area contributed by atoms with E-state index in [2.05, 4.69) is 10.3 Å². The third-order valence-corrected chi connectivity index (χ3v) is 3.08. The topological polar surface area (TPSA) is 62.2 Å². The Balaban J connectivity index is 2.01. The molecule has 1 unspecified atom stereocenters. The van der Waals surface area contributed by atoms with Gasteiger partial charge in [0.05, 0.1) is 17.9 Å². The normalized spacial score (nSPS) is 11.9. The monoisotopic (exact) mass is 294 g/mol. The lowest BCUT2D eigenvalue weighted by atomic mass is 10.1. The number of aromatic nitrogens is 1. The van der Waals surface area contributed by atoms with Crippen LogP contribution in [0.15, 0.2) is 42.7 Å². The Morgan fingerprint density at radius 2 is 2.15 bits per heavy atom. The van der Waals surface area contributed by atoms with Crippen LogP contribution in [0, 0.1) is 5.82 Å². The van der Waals surface area contributed by atoms with Crippen molar-refractivity contribution in [1.29, 1.82) is 0 Å². The van der Waals surface area contributed by atoms with Gasteiger partial charge in [-0.2, -0.15) is 0 Å². The number of nitrogens with one attached hydrogen (secondary N) is 1. The van der Waals surface area contributed by atoms with E-state index < -0.39 is 17.8 Å². The number of hydrogen-bond acceptors (Lipinski definition) is 3. The molecule has 2 aromatic rings. The van der Waals surface area contributed by atoms with Crippen molar-refractivity contribution < 1.29 is 14.3 Å². The van der Waals surface area contributed by atoms with Crippen molar-refractivity contribution in [3.63, 3.8) is 0 Å². The molecular weight excluding hydrogens is 283 g/mol. The van der Waals surface area contributed by atoms with Gasteiger partial charge in [0.15, 0.2) is 5.82 Å². The molecule has 2 rings (SSSR count). The summed E-state index contributed by atoms with van der Waals surface area (Å²) in [4.78, 5) is 15.3. The van der Waals surface area contributed by atoms with Crippen LogP contribution in [0.5, 0.6) is 0 Å². The zero-order valence-electron chi connectivity index (χ0n) is 10.4. The van der Waals surface area contributed by atoms with E-state index in [1.54, 1.807) is 24.3 Å². The van der Waals surface area contributed by atoms with Gasteiger partial charge in [0, 0.05) is 23.3 Å². The molecule has 0 aliphatic rings. The van der Waals surface area contributed by atoms with Gasteiger partial charge in [-0.1, -0.05) is 29.8 Å². The summed E-state index contributed by atoms with van der Waals surface area (Å²) in [5, 5.41) is 12.8. The third kappa shape index (κ3) is 3.31. The molecule has 1 aromatic carbocycles. The number of pyridine rings is 1. The first kappa shape index (κ1) is 14.4. The summed E-state index contributed by atoms with van der Waals surface area (Å²) in [6.45, 7) is -0.0651. The third-order valence-electron chi connectivity index (χ3n) is 2.74. The molecule has 0 spiro atoms. The molecule has 0 saturated heterocycles. The first-order chi connectivity index (χ1) is 9.59. The molecule has 2 N–H and O–H groups in total. The quantitative estimate of drug-likeness (QED) is 0.910. The largest absolute Gasteiger partial charge is 0.387 e. The lowest BCUT2D eigenvalue weighted by Crippen LogP contribution is -2.29. The minimum atomic E-state index is -0.961. The number of aliphatic hydroxyl groups excluding tert-OH is 1. The van der Waals surface area contributed by atoms with E-state index in [-0.39, 0.29) is 12.1 Å². The molecule has 0 radical (unpaired) electrons. The highest BCUT2D eigenvalue weighted by Crippen LogP contribution is 2.21. The van der Waals surface area contributed by atoms with E-state index in [1.165, 1.54) is 12.3 Å². The number of aliphatic hydroxyl groups is 1. The van der Waals surface area contributed by atoms with E-state index in [9.17, 15) is 14.3 Å². The number of halogens is 2. The van der Waals surface area contributed by atoms with Gasteiger partial charge < -0.3 is 10.4 Å². The van der Waals surface area contributed by atoms with E-state index >= 15 is 0 Å². The minimum Gasteiger partial charge on any atom is -0.387 e.